The maximum atomic E-state index is 6.43. The maximum Gasteiger partial charge on any atom is 0.240 e. The number of hydrogen-bond acceptors (Lipinski definition) is 7. The summed E-state index contributed by atoms with van der Waals surface area (Å²) in [5.41, 5.74) is 7.18. The Kier molecular flexibility index (Phi) is 6.29. The van der Waals surface area contributed by atoms with Gasteiger partial charge in [0.1, 0.15) is 11.6 Å². The summed E-state index contributed by atoms with van der Waals surface area (Å²) in [6.45, 7) is 14.1. The van der Waals surface area contributed by atoms with Gasteiger partial charge < -0.3 is 14.8 Å². The molecule has 5 heterocycles. The van der Waals surface area contributed by atoms with Crippen molar-refractivity contribution < 1.29 is 9.47 Å². The van der Waals surface area contributed by atoms with Crippen LogP contribution in [0.2, 0.25) is 0 Å². The molecule has 36 heavy (non-hydrogen) atoms. The highest BCUT2D eigenvalue weighted by Gasteiger charge is 2.23. The number of aromatic amines is 1. The minimum atomic E-state index is -0.0984. The van der Waals surface area contributed by atoms with E-state index in [1.807, 2.05) is 38.6 Å². The van der Waals surface area contributed by atoms with Gasteiger partial charge in [-0.2, -0.15) is 10.2 Å². The van der Waals surface area contributed by atoms with E-state index in [-0.39, 0.29) is 12.1 Å². The zero-order valence-corrected chi connectivity index (χ0v) is 22.0. The van der Waals surface area contributed by atoms with Gasteiger partial charge in [-0.15, -0.1) is 5.10 Å². The molecular formula is C26H34N8O2. The number of nitrogens with zero attached hydrogens (tertiary/aromatic N) is 6. The van der Waals surface area contributed by atoms with E-state index in [2.05, 4.69) is 53.5 Å². The molecule has 2 bridgehead atoms. The van der Waals surface area contributed by atoms with Crippen LogP contribution in [0.25, 0.3) is 34.3 Å². The van der Waals surface area contributed by atoms with E-state index in [0.29, 0.717) is 31.5 Å². The SMILES string of the molecule is CCOc1nn(C(C)C)c2c1/C=C/c1[nH]nc3c(C)nc(cc13)-c1c(C)nn(C)c1OC(C)CNC2. The molecule has 10 heteroatoms. The second-order valence-corrected chi connectivity index (χ2v) is 9.55. The second kappa shape index (κ2) is 9.42. The van der Waals surface area contributed by atoms with Crippen LogP contribution in [0.3, 0.4) is 0 Å². The highest BCUT2D eigenvalue weighted by Crippen LogP contribution is 2.35. The van der Waals surface area contributed by atoms with E-state index < -0.39 is 0 Å². The van der Waals surface area contributed by atoms with Gasteiger partial charge in [0.25, 0.3) is 0 Å². The number of ether oxygens (including phenoxy) is 2. The van der Waals surface area contributed by atoms with Crippen molar-refractivity contribution in [3.63, 3.8) is 0 Å². The number of fused-ring (bicyclic) bond motifs is 4. The molecule has 1 atom stereocenters. The van der Waals surface area contributed by atoms with Crippen LogP contribution >= 0.6 is 0 Å². The van der Waals surface area contributed by atoms with E-state index in [9.17, 15) is 0 Å². The summed E-state index contributed by atoms with van der Waals surface area (Å²) in [4.78, 5) is 4.87. The lowest BCUT2D eigenvalue weighted by Gasteiger charge is -2.18. The van der Waals surface area contributed by atoms with Crippen LogP contribution in [0.15, 0.2) is 6.07 Å². The molecule has 190 valence electrons. The first-order chi connectivity index (χ1) is 17.3. The third-order valence-corrected chi connectivity index (χ3v) is 6.41. The fourth-order valence-electron chi connectivity index (χ4n) is 4.78. The summed E-state index contributed by atoms with van der Waals surface area (Å²) in [6, 6.07) is 2.25. The van der Waals surface area contributed by atoms with E-state index >= 15 is 0 Å². The first kappa shape index (κ1) is 24.1. The van der Waals surface area contributed by atoms with Crippen molar-refractivity contribution >= 4 is 23.1 Å². The van der Waals surface area contributed by atoms with Crippen LogP contribution in [0.1, 0.15) is 62.1 Å². The predicted molar refractivity (Wildman–Crippen MR) is 140 cm³/mol. The number of hydrogen-bond donors (Lipinski definition) is 2. The molecule has 0 aliphatic carbocycles. The van der Waals surface area contributed by atoms with Crippen molar-refractivity contribution in [3.8, 4) is 23.0 Å². The Morgan fingerprint density at radius 3 is 2.75 bits per heavy atom. The molecule has 2 N–H and O–H groups in total. The summed E-state index contributed by atoms with van der Waals surface area (Å²) < 4.78 is 16.2. The third kappa shape index (κ3) is 4.15. The standard InChI is InChI=1S/C26H34N8O2/c1-8-35-25-18-9-10-20-19-11-21(28-17(6)24(19)30-29-20)23-16(5)31-33(7)26(23)36-15(4)12-27-13-22(18)34(32-25)14(2)3/h9-11,14-15,27H,8,12-13H2,1-7H3,(H,29,30)/b10-9+. The molecule has 0 aromatic carbocycles. The number of rotatable bonds is 3. The monoisotopic (exact) mass is 490 g/mol. The molecule has 0 spiro atoms. The Labute approximate surface area is 210 Å². The van der Waals surface area contributed by atoms with Crippen molar-refractivity contribution in [1.82, 2.24) is 40.1 Å². The van der Waals surface area contributed by atoms with Crippen molar-refractivity contribution in [2.45, 2.75) is 60.2 Å². The lowest BCUT2D eigenvalue weighted by Crippen LogP contribution is -2.30. The topological polar surface area (TPSA) is 108 Å². The average molecular weight is 491 g/mol. The first-order valence-electron chi connectivity index (χ1n) is 12.5. The van der Waals surface area contributed by atoms with E-state index in [1.165, 1.54) is 0 Å². The van der Waals surface area contributed by atoms with Gasteiger partial charge in [0.15, 0.2) is 0 Å². The smallest absolute Gasteiger partial charge is 0.240 e. The summed E-state index contributed by atoms with van der Waals surface area (Å²) in [7, 11) is 1.90. The zero-order valence-electron chi connectivity index (χ0n) is 22.0. The van der Waals surface area contributed by atoms with Crippen LogP contribution < -0.4 is 14.8 Å². The number of H-pyrrole nitrogens is 1. The minimum absolute atomic E-state index is 0.0984. The zero-order chi connectivity index (χ0) is 25.6. The maximum absolute atomic E-state index is 6.43. The van der Waals surface area contributed by atoms with Crippen molar-refractivity contribution in [2.24, 2.45) is 7.05 Å². The fourth-order valence-corrected chi connectivity index (χ4v) is 4.78. The molecule has 0 amide bonds. The van der Waals surface area contributed by atoms with Crippen molar-refractivity contribution in [1.29, 1.82) is 0 Å². The molecule has 0 saturated carbocycles. The summed E-state index contributed by atoms with van der Waals surface area (Å²) in [5, 5.41) is 21.7. The Bertz CT molecular complexity index is 1440. The molecule has 1 unspecified atom stereocenters. The van der Waals surface area contributed by atoms with Gasteiger partial charge in [-0.05, 0) is 59.8 Å². The fraction of sp³-hybridized carbons (Fsp3) is 0.462. The van der Waals surface area contributed by atoms with Crippen LogP contribution in [0, 0.1) is 13.8 Å². The lowest BCUT2D eigenvalue weighted by molar-refractivity contribution is 0.199. The Balaban J connectivity index is 1.73. The molecule has 0 radical (unpaired) electrons. The average Bonchev–Trinajstić information content (AvgIpc) is 3.46. The normalized spacial score (nSPS) is 16.9. The highest BCUT2D eigenvalue weighted by molar-refractivity contribution is 5.93. The Hall–Kier alpha value is -3.66. The lowest BCUT2D eigenvalue weighted by atomic mass is 10.1. The molecule has 5 rings (SSSR count). The van der Waals surface area contributed by atoms with Crippen LogP contribution in [0.4, 0.5) is 0 Å². The van der Waals surface area contributed by atoms with Gasteiger partial charge in [-0.1, -0.05) is 0 Å². The van der Waals surface area contributed by atoms with E-state index in [0.717, 1.165) is 50.5 Å². The number of aromatic nitrogens is 7. The molecule has 1 aliphatic heterocycles. The molecule has 4 aromatic heterocycles. The second-order valence-electron chi connectivity index (χ2n) is 9.55. The molecular weight excluding hydrogens is 456 g/mol. The highest BCUT2D eigenvalue weighted by atomic mass is 16.5. The molecule has 0 fully saturated rings. The molecule has 10 nitrogen and oxygen atoms in total. The van der Waals surface area contributed by atoms with Gasteiger partial charge in [-0.3, -0.25) is 14.8 Å². The Morgan fingerprint density at radius 2 is 2.00 bits per heavy atom. The van der Waals surface area contributed by atoms with Crippen molar-refractivity contribution in [3.05, 3.63) is 34.4 Å². The van der Waals surface area contributed by atoms with Crippen LogP contribution in [-0.2, 0) is 13.6 Å². The van der Waals surface area contributed by atoms with E-state index in [4.69, 9.17) is 19.6 Å². The van der Waals surface area contributed by atoms with Gasteiger partial charge in [-0.25, -0.2) is 4.68 Å². The Morgan fingerprint density at radius 1 is 1.19 bits per heavy atom. The summed E-state index contributed by atoms with van der Waals surface area (Å²) >= 11 is 0. The summed E-state index contributed by atoms with van der Waals surface area (Å²) in [6.07, 6.45) is 4.01. The van der Waals surface area contributed by atoms with Crippen LogP contribution in [0.5, 0.6) is 11.8 Å². The number of nitrogens with one attached hydrogen (secondary N) is 2. The van der Waals surface area contributed by atoms with Gasteiger partial charge in [0, 0.05) is 31.6 Å². The van der Waals surface area contributed by atoms with Crippen LogP contribution in [-0.4, -0.2) is 54.0 Å². The summed E-state index contributed by atoms with van der Waals surface area (Å²) in [5.74, 6) is 1.33. The first-order valence-corrected chi connectivity index (χ1v) is 12.5. The number of pyridine rings is 1. The molecule has 0 saturated heterocycles. The molecule has 1 aliphatic rings. The quantitative estimate of drug-likeness (QED) is 0.443. The van der Waals surface area contributed by atoms with Crippen molar-refractivity contribution in [2.75, 3.05) is 13.2 Å². The van der Waals surface area contributed by atoms with Gasteiger partial charge in [0.2, 0.25) is 11.8 Å². The largest absolute Gasteiger partial charge is 0.476 e. The minimum Gasteiger partial charge on any atom is -0.476 e. The van der Waals surface area contributed by atoms with Gasteiger partial charge in [0.05, 0.1) is 46.2 Å². The van der Waals surface area contributed by atoms with Gasteiger partial charge >= 0.3 is 0 Å². The molecule has 4 aromatic rings. The number of aryl methyl sites for hydroxylation is 3. The van der Waals surface area contributed by atoms with E-state index in [1.54, 1.807) is 4.68 Å². The predicted octanol–water partition coefficient (Wildman–Crippen LogP) is 4.19. The third-order valence-electron chi connectivity index (χ3n) is 6.41.